The summed E-state index contributed by atoms with van der Waals surface area (Å²) >= 11 is 0. The van der Waals surface area contributed by atoms with Gasteiger partial charge in [-0.15, -0.1) is 6.42 Å². The zero-order chi connectivity index (χ0) is 16.9. The van der Waals surface area contributed by atoms with Gasteiger partial charge in [0.25, 0.3) is 5.91 Å². The van der Waals surface area contributed by atoms with Crippen molar-refractivity contribution < 1.29 is 13.2 Å². The van der Waals surface area contributed by atoms with Gasteiger partial charge >= 0.3 is 0 Å². The summed E-state index contributed by atoms with van der Waals surface area (Å²) in [5, 5.41) is 2.62. The van der Waals surface area contributed by atoms with Crippen LogP contribution in [0.25, 0.3) is 0 Å². The van der Waals surface area contributed by atoms with Crippen LogP contribution in [0.5, 0.6) is 0 Å². The van der Waals surface area contributed by atoms with Crippen molar-refractivity contribution in [1.82, 2.24) is 9.71 Å². The Labute approximate surface area is 135 Å². The lowest BCUT2D eigenvalue weighted by molar-refractivity contribution is 0.102. The molecule has 0 aliphatic rings. The normalized spacial score (nSPS) is 10.8. The molecule has 23 heavy (non-hydrogen) atoms. The summed E-state index contributed by atoms with van der Waals surface area (Å²) in [6.07, 6.45) is 5.04. The standard InChI is InChI=1S/C16H15N3O3S/c1-3-10-17-23(21,22)14-8-5-7-13(11-14)16(20)19-15-9-4-6-12(2)18-15/h1,4-9,11,17H,10H2,2H3,(H,18,19,20). The van der Waals surface area contributed by atoms with E-state index in [0.29, 0.717) is 5.82 Å². The van der Waals surface area contributed by atoms with Gasteiger partial charge in [-0.2, -0.15) is 4.72 Å². The van der Waals surface area contributed by atoms with Crippen LogP contribution < -0.4 is 10.0 Å². The van der Waals surface area contributed by atoms with Crippen molar-refractivity contribution in [2.45, 2.75) is 11.8 Å². The lowest BCUT2D eigenvalue weighted by atomic mass is 10.2. The van der Waals surface area contributed by atoms with Gasteiger partial charge in [-0.05, 0) is 37.3 Å². The van der Waals surface area contributed by atoms with Crippen LogP contribution in [0.15, 0.2) is 47.4 Å². The van der Waals surface area contributed by atoms with E-state index >= 15 is 0 Å². The maximum Gasteiger partial charge on any atom is 0.256 e. The van der Waals surface area contributed by atoms with E-state index in [1.807, 2.05) is 0 Å². The second kappa shape index (κ2) is 7.05. The molecule has 0 bridgehead atoms. The molecule has 0 spiro atoms. The fraction of sp³-hybridized carbons (Fsp3) is 0.125. The van der Waals surface area contributed by atoms with Crippen LogP contribution in [-0.2, 0) is 10.0 Å². The van der Waals surface area contributed by atoms with Crippen LogP contribution in [0, 0.1) is 19.3 Å². The fourth-order valence-corrected chi connectivity index (χ4v) is 2.81. The highest BCUT2D eigenvalue weighted by atomic mass is 32.2. The van der Waals surface area contributed by atoms with Crippen molar-refractivity contribution in [2.75, 3.05) is 11.9 Å². The van der Waals surface area contributed by atoms with E-state index in [2.05, 4.69) is 20.9 Å². The van der Waals surface area contributed by atoms with Crippen molar-refractivity contribution in [3.63, 3.8) is 0 Å². The second-order valence-corrected chi connectivity index (χ2v) is 6.44. The van der Waals surface area contributed by atoms with E-state index in [4.69, 9.17) is 6.42 Å². The number of hydrogen-bond acceptors (Lipinski definition) is 4. The monoisotopic (exact) mass is 329 g/mol. The number of hydrogen-bond donors (Lipinski definition) is 2. The molecule has 0 saturated carbocycles. The molecule has 0 unspecified atom stereocenters. The zero-order valence-corrected chi connectivity index (χ0v) is 13.2. The number of sulfonamides is 1. The van der Waals surface area contributed by atoms with Gasteiger partial charge in [-0.25, -0.2) is 13.4 Å². The van der Waals surface area contributed by atoms with Crippen molar-refractivity contribution in [3.05, 3.63) is 53.7 Å². The molecule has 2 rings (SSSR count). The Kier molecular flexibility index (Phi) is 5.11. The first kappa shape index (κ1) is 16.7. The van der Waals surface area contributed by atoms with Gasteiger partial charge in [-0.1, -0.05) is 18.1 Å². The number of pyridine rings is 1. The zero-order valence-electron chi connectivity index (χ0n) is 12.4. The third-order valence-electron chi connectivity index (χ3n) is 2.90. The topological polar surface area (TPSA) is 88.2 Å². The van der Waals surface area contributed by atoms with Crippen molar-refractivity contribution in [1.29, 1.82) is 0 Å². The van der Waals surface area contributed by atoms with Crippen LogP contribution in [-0.4, -0.2) is 25.9 Å². The highest BCUT2D eigenvalue weighted by molar-refractivity contribution is 7.89. The summed E-state index contributed by atoms with van der Waals surface area (Å²) in [4.78, 5) is 16.4. The minimum atomic E-state index is -3.75. The van der Waals surface area contributed by atoms with Crippen molar-refractivity contribution >= 4 is 21.7 Å². The number of aromatic nitrogens is 1. The van der Waals surface area contributed by atoms with Gasteiger partial charge in [0.15, 0.2) is 0 Å². The van der Waals surface area contributed by atoms with Gasteiger partial charge in [-0.3, -0.25) is 4.79 Å². The molecular weight excluding hydrogens is 314 g/mol. The van der Waals surface area contributed by atoms with Crippen LogP contribution in [0.4, 0.5) is 5.82 Å². The SMILES string of the molecule is C#CCNS(=O)(=O)c1cccc(C(=O)Nc2cccc(C)n2)c1. The number of anilines is 1. The van der Waals surface area contributed by atoms with Crippen molar-refractivity contribution in [2.24, 2.45) is 0 Å². The highest BCUT2D eigenvalue weighted by Gasteiger charge is 2.15. The molecule has 118 valence electrons. The van der Waals surface area contributed by atoms with Crippen LogP contribution in [0.1, 0.15) is 16.1 Å². The van der Waals surface area contributed by atoms with Crippen molar-refractivity contribution in [3.8, 4) is 12.3 Å². The van der Waals surface area contributed by atoms with Crippen LogP contribution in [0.3, 0.4) is 0 Å². The first-order valence-corrected chi connectivity index (χ1v) is 8.19. The molecule has 0 fully saturated rings. The molecule has 1 aromatic carbocycles. The molecule has 0 radical (unpaired) electrons. The number of nitrogens with one attached hydrogen (secondary N) is 2. The van der Waals surface area contributed by atoms with E-state index in [9.17, 15) is 13.2 Å². The highest BCUT2D eigenvalue weighted by Crippen LogP contribution is 2.13. The van der Waals surface area contributed by atoms with Gasteiger partial charge in [0.1, 0.15) is 5.82 Å². The Morgan fingerprint density at radius 2 is 2.00 bits per heavy atom. The Hall–Kier alpha value is -2.69. The number of nitrogens with zero attached hydrogens (tertiary/aromatic N) is 1. The van der Waals surface area contributed by atoms with Crippen LogP contribution >= 0.6 is 0 Å². The molecule has 1 amide bonds. The summed E-state index contributed by atoms with van der Waals surface area (Å²) in [5.41, 5.74) is 0.967. The number of rotatable bonds is 5. The Balaban J connectivity index is 2.22. The number of aryl methyl sites for hydroxylation is 1. The molecule has 2 N–H and O–H groups in total. The maximum atomic E-state index is 12.2. The van der Waals surface area contributed by atoms with E-state index in [1.165, 1.54) is 24.3 Å². The average molecular weight is 329 g/mol. The summed E-state index contributed by atoms with van der Waals surface area (Å²) in [7, 11) is -3.75. The first-order chi connectivity index (χ1) is 10.9. The number of carbonyl (C=O) groups excluding carboxylic acids is 1. The number of amides is 1. The predicted octanol–water partition coefficient (Wildman–Crippen LogP) is 1.55. The molecule has 0 aliphatic carbocycles. The molecule has 0 saturated heterocycles. The number of carbonyl (C=O) groups is 1. The minimum absolute atomic E-state index is 0.0300. The fourth-order valence-electron chi connectivity index (χ4n) is 1.83. The molecular formula is C16H15N3O3S. The second-order valence-electron chi connectivity index (χ2n) is 4.67. The van der Waals surface area contributed by atoms with Gasteiger partial charge < -0.3 is 5.32 Å². The molecule has 1 aromatic heterocycles. The quantitative estimate of drug-likeness (QED) is 0.815. The Bertz CT molecular complexity index is 870. The van der Waals surface area contributed by atoms with Crippen LogP contribution in [0.2, 0.25) is 0 Å². The minimum Gasteiger partial charge on any atom is -0.307 e. The van der Waals surface area contributed by atoms with Gasteiger partial charge in [0.05, 0.1) is 11.4 Å². The summed E-state index contributed by atoms with van der Waals surface area (Å²) < 4.78 is 26.3. The van der Waals surface area contributed by atoms with Gasteiger partial charge in [0, 0.05) is 11.3 Å². The first-order valence-electron chi connectivity index (χ1n) is 6.70. The molecule has 6 nitrogen and oxygen atoms in total. The third kappa shape index (κ3) is 4.39. The number of benzene rings is 1. The predicted molar refractivity (Wildman–Crippen MR) is 87.4 cm³/mol. The smallest absolute Gasteiger partial charge is 0.256 e. The summed E-state index contributed by atoms with van der Waals surface area (Å²) in [6.45, 7) is 1.69. The average Bonchev–Trinajstić information content (AvgIpc) is 2.53. The largest absolute Gasteiger partial charge is 0.307 e. The summed E-state index contributed by atoms with van der Waals surface area (Å²) in [6, 6.07) is 10.9. The van der Waals surface area contributed by atoms with E-state index in [-0.39, 0.29) is 17.0 Å². The molecule has 0 atom stereocenters. The molecule has 0 aliphatic heterocycles. The lowest BCUT2D eigenvalue weighted by Gasteiger charge is -2.08. The third-order valence-corrected chi connectivity index (χ3v) is 4.30. The molecule has 2 aromatic rings. The summed E-state index contributed by atoms with van der Waals surface area (Å²) in [5.74, 6) is 2.14. The Morgan fingerprint density at radius 3 is 2.70 bits per heavy atom. The van der Waals surface area contributed by atoms with E-state index < -0.39 is 15.9 Å². The maximum absolute atomic E-state index is 12.2. The molecule has 1 heterocycles. The molecule has 7 heteroatoms. The van der Waals surface area contributed by atoms with E-state index in [1.54, 1.807) is 25.1 Å². The Morgan fingerprint density at radius 1 is 1.26 bits per heavy atom. The number of terminal acetylenes is 1. The lowest BCUT2D eigenvalue weighted by Crippen LogP contribution is -2.24. The van der Waals surface area contributed by atoms with Gasteiger partial charge in [0.2, 0.25) is 10.0 Å². The van der Waals surface area contributed by atoms with E-state index in [0.717, 1.165) is 5.69 Å².